The highest BCUT2D eigenvalue weighted by Gasteiger charge is 2.15. The van der Waals surface area contributed by atoms with Crippen LogP contribution in [-0.4, -0.2) is 35.0 Å². The maximum atomic E-state index is 12.1. The van der Waals surface area contributed by atoms with E-state index in [9.17, 15) is 9.59 Å². The Labute approximate surface area is 113 Å². The van der Waals surface area contributed by atoms with E-state index in [1.165, 1.54) is 12.8 Å². The van der Waals surface area contributed by atoms with Crippen molar-refractivity contribution in [2.75, 3.05) is 13.1 Å². The van der Waals surface area contributed by atoms with Gasteiger partial charge in [0.2, 0.25) is 5.91 Å². The van der Waals surface area contributed by atoms with Crippen LogP contribution in [0, 0.1) is 0 Å². The summed E-state index contributed by atoms with van der Waals surface area (Å²) in [6.45, 7) is 1.71. The minimum absolute atomic E-state index is 0.143. The molecule has 1 aliphatic heterocycles. The summed E-state index contributed by atoms with van der Waals surface area (Å²) in [6, 6.07) is 6.54. The number of likely N-dealkylation sites (tertiary alicyclic amines) is 1. The Kier molecular flexibility index (Phi) is 4.55. The van der Waals surface area contributed by atoms with Gasteiger partial charge in [-0.05, 0) is 30.5 Å². The van der Waals surface area contributed by atoms with Crippen molar-refractivity contribution in [3.63, 3.8) is 0 Å². The Bertz CT molecular complexity index is 445. The molecule has 4 heteroatoms. The summed E-state index contributed by atoms with van der Waals surface area (Å²) in [5.41, 5.74) is 1.13. The van der Waals surface area contributed by atoms with E-state index in [2.05, 4.69) is 0 Å². The molecule has 2 rings (SSSR count). The molecule has 0 saturated carbocycles. The van der Waals surface area contributed by atoms with E-state index in [4.69, 9.17) is 5.11 Å². The van der Waals surface area contributed by atoms with Gasteiger partial charge >= 0.3 is 5.97 Å². The highest BCUT2D eigenvalue weighted by Crippen LogP contribution is 2.12. The molecule has 1 aromatic rings. The summed E-state index contributed by atoms with van der Waals surface area (Å²) in [7, 11) is 0. The molecule has 19 heavy (non-hydrogen) atoms. The number of nitrogens with zero attached hydrogens (tertiary/aromatic N) is 1. The first-order valence-corrected chi connectivity index (χ1v) is 6.77. The van der Waals surface area contributed by atoms with Gasteiger partial charge in [0.05, 0.1) is 12.0 Å². The number of carbonyl (C=O) groups excluding carboxylic acids is 1. The lowest BCUT2D eigenvalue weighted by Gasteiger charge is -2.20. The molecule has 1 heterocycles. The number of hydrogen-bond donors (Lipinski definition) is 1. The van der Waals surface area contributed by atoms with Crippen LogP contribution in [0.3, 0.4) is 0 Å². The van der Waals surface area contributed by atoms with Gasteiger partial charge in [-0.25, -0.2) is 4.79 Å². The first-order valence-electron chi connectivity index (χ1n) is 6.77. The predicted octanol–water partition coefficient (Wildman–Crippen LogP) is 2.33. The zero-order valence-corrected chi connectivity index (χ0v) is 11.0. The molecule has 1 aromatic carbocycles. The summed E-state index contributed by atoms with van der Waals surface area (Å²) >= 11 is 0. The van der Waals surface area contributed by atoms with Crippen LogP contribution in [-0.2, 0) is 11.2 Å². The summed E-state index contributed by atoms with van der Waals surface area (Å²) in [4.78, 5) is 24.8. The predicted molar refractivity (Wildman–Crippen MR) is 72.2 cm³/mol. The van der Waals surface area contributed by atoms with Gasteiger partial charge in [-0.15, -0.1) is 0 Å². The fourth-order valence-electron chi connectivity index (χ4n) is 2.37. The summed E-state index contributed by atoms with van der Waals surface area (Å²) in [6.07, 6.45) is 4.95. The van der Waals surface area contributed by atoms with Crippen LogP contribution in [0.5, 0.6) is 0 Å². The summed E-state index contributed by atoms with van der Waals surface area (Å²) in [5, 5.41) is 8.82. The number of carboxylic acid groups (broad SMARTS) is 1. The molecule has 1 aliphatic rings. The molecule has 0 spiro atoms. The molecule has 0 atom stereocenters. The minimum Gasteiger partial charge on any atom is -0.478 e. The average Bonchev–Trinajstić information content (AvgIpc) is 2.68. The van der Waals surface area contributed by atoms with Crippen LogP contribution in [0.25, 0.3) is 0 Å². The minimum atomic E-state index is -0.939. The number of amides is 1. The smallest absolute Gasteiger partial charge is 0.335 e. The fourth-order valence-corrected chi connectivity index (χ4v) is 2.37. The van der Waals surface area contributed by atoms with E-state index >= 15 is 0 Å². The molecule has 1 fully saturated rings. The second kappa shape index (κ2) is 6.36. The van der Waals surface area contributed by atoms with Crippen molar-refractivity contribution < 1.29 is 14.7 Å². The lowest BCUT2D eigenvalue weighted by molar-refractivity contribution is -0.130. The number of aromatic carboxylic acids is 1. The van der Waals surface area contributed by atoms with Crippen LogP contribution in [0.4, 0.5) is 0 Å². The van der Waals surface area contributed by atoms with Gasteiger partial charge in [-0.3, -0.25) is 4.79 Å². The van der Waals surface area contributed by atoms with E-state index in [1.54, 1.807) is 24.3 Å². The maximum Gasteiger partial charge on any atom is 0.335 e. The summed E-state index contributed by atoms with van der Waals surface area (Å²) < 4.78 is 0. The van der Waals surface area contributed by atoms with Crippen LogP contribution < -0.4 is 0 Å². The van der Waals surface area contributed by atoms with Crippen molar-refractivity contribution in [1.82, 2.24) is 4.90 Å². The number of benzene rings is 1. The normalized spacial score (nSPS) is 15.9. The highest BCUT2D eigenvalue weighted by molar-refractivity contribution is 5.87. The van der Waals surface area contributed by atoms with Crippen molar-refractivity contribution in [2.24, 2.45) is 0 Å². The number of carbonyl (C=O) groups is 2. The van der Waals surface area contributed by atoms with Gasteiger partial charge in [0.15, 0.2) is 0 Å². The number of rotatable bonds is 3. The zero-order chi connectivity index (χ0) is 13.7. The second-order valence-corrected chi connectivity index (χ2v) is 4.97. The molecular formula is C15H19NO3. The van der Waals surface area contributed by atoms with E-state index in [-0.39, 0.29) is 11.5 Å². The first kappa shape index (κ1) is 13.6. The van der Waals surface area contributed by atoms with Crippen molar-refractivity contribution in [3.8, 4) is 0 Å². The third-order valence-corrected chi connectivity index (χ3v) is 3.52. The maximum absolute atomic E-state index is 12.1. The molecule has 1 saturated heterocycles. The van der Waals surface area contributed by atoms with Gasteiger partial charge in [0, 0.05) is 13.1 Å². The van der Waals surface area contributed by atoms with Crippen LogP contribution >= 0.6 is 0 Å². The molecule has 1 amide bonds. The molecule has 102 valence electrons. The van der Waals surface area contributed by atoms with Crippen LogP contribution in [0.2, 0.25) is 0 Å². The highest BCUT2D eigenvalue weighted by atomic mass is 16.4. The Morgan fingerprint density at radius 1 is 1.00 bits per heavy atom. The topological polar surface area (TPSA) is 57.6 Å². The zero-order valence-electron chi connectivity index (χ0n) is 11.0. The standard InChI is InChI=1S/C15H19NO3/c17-14(16-9-3-1-2-4-10-16)11-12-5-7-13(8-6-12)15(18)19/h5-8H,1-4,9-11H2,(H,18,19). The van der Waals surface area contributed by atoms with Crippen LogP contribution in [0.15, 0.2) is 24.3 Å². The Hall–Kier alpha value is -1.84. The lowest BCUT2D eigenvalue weighted by atomic mass is 10.1. The first-order chi connectivity index (χ1) is 9.16. The summed E-state index contributed by atoms with van der Waals surface area (Å²) in [5.74, 6) is -0.796. The van der Waals surface area contributed by atoms with E-state index in [1.807, 2.05) is 4.90 Å². The third-order valence-electron chi connectivity index (χ3n) is 3.52. The lowest BCUT2D eigenvalue weighted by Crippen LogP contribution is -2.33. The molecule has 0 radical (unpaired) electrons. The Morgan fingerprint density at radius 3 is 2.11 bits per heavy atom. The molecular weight excluding hydrogens is 242 g/mol. The van der Waals surface area contributed by atoms with Crippen LogP contribution in [0.1, 0.15) is 41.6 Å². The Balaban J connectivity index is 1.95. The van der Waals surface area contributed by atoms with E-state index in [0.717, 1.165) is 31.5 Å². The quantitative estimate of drug-likeness (QED) is 0.908. The molecule has 0 unspecified atom stereocenters. The Morgan fingerprint density at radius 2 is 1.58 bits per heavy atom. The monoisotopic (exact) mass is 261 g/mol. The number of carboxylic acids is 1. The van der Waals surface area contributed by atoms with Crippen molar-refractivity contribution in [2.45, 2.75) is 32.1 Å². The van der Waals surface area contributed by atoms with E-state index in [0.29, 0.717) is 6.42 Å². The van der Waals surface area contributed by atoms with Crippen molar-refractivity contribution in [3.05, 3.63) is 35.4 Å². The molecule has 1 N–H and O–H groups in total. The third kappa shape index (κ3) is 3.81. The largest absolute Gasteiger partial charge is 0.478 e. The van der Waals surface area contributed by atoms with Gasteiger partial charge in [0.25, 0.3) is 0 Å². The fraction of sp³-hybridized carbons (Fsp3) is 0.467. The van der Waals surface area contributed by atoms with Crippen molar-refractivity contribution in [1.29, 1.82) is 0 Å². The van der Waals surface area contributed by atoms with Crippen molar-refractivity contribution >= 4 is 11.9 Å². The molecule has 0 aromatic heterocycles. The molecule has 0 aliphatic carbocycles. The average molecular weight is 261 g/mol. The second-order valence-electron chi connectivity index (χ2n) is 4.97. The molecule has 0 bridgehead atoms. The number of hydrogen-bond acceptors (Lipinski definition) is 2. The van der Waals surface area contributed by atoms with E-state index < -0.39 is 5.97 Å². The van der Waals surface area contributed by atoms with Gasteiger partial charge in [0.1, 0.15) is 0 Å². The van der Waals surface area contributed by atoms with Gasteiger partial charge < -0.3 is 10.0 Å². The van der Waals surface area contributed by atoms with Gasteiger partial charge in [-0.2, -0.15) is 0 Å². The SMILES string of the molecule is O=C(O)c1ccc(CC(=O)N2CCCCCC2)cc1. The molecule has 4 nitrogen and oxygen atoms in total. The van der Waals surface area contributed by atoms with Gasteiger partial charge in [-0.1, -0.05) is 25.0 Å².